The Kier molecular flexibility index (Phi) is 7.11. The minimum absolute atomic E-state index is 0.0159. The van der Waals surface area contributed by atoms with Gasteiger partial charge < -0.3 is 15.4 Å². The lowest BCUT2D eigenvalue weighted by molar-refractivity contribution is -0.384. The molecule has 0 aromatic heterocycles. The van der Waals surface area contributed by atoms with Crippen LogP contribution in [0.5, 0.6) is 0 Å². The van der Waals surface area contributed by atoms with Crippen molar-refractivity contribution in [2.45, 2.75) is 13.0 Å². The van der Waals surface area contributed by atoms with E-state index in [4.69, 9.17) is 4.74 Å². The third-order valence-electron chi connectivity index (χ3n) is 3.44. The number of nitrogens with zero attached hydrogens (tertiary/aromatic N) is 1. The van der Waals surface area contributed by atoms with Crippen molar-refractivity contribution in [2.75, 3.05) is 18.5 Å². The van der Waals surface area contributed by atoms with Crippen LogP contribution in [0.4, 0.5) is 11.4 Å². The third kappa shape index (κ3) is 6.23. The van der Waals surface area contributed by atoms with Crippen LogP contribution in [-0.2, 0) is 20.9 Å². The first kappa shape index (κ1) is 18.9. The summed E-state index contributed by atoms with van der Waals surface area (Å²) in [6.45, 7) is 0.156. The second-order valence-electron chi connectivity index (χ2n) is 5.37. The Morgan fingerprint density at radius 2 is 1.73 bits per heavy atom. The van der Waals surface area contributed by atoms with Crippen LogP contribution in [0.2, 0.25) is 0 Å². The molecule has 0 aliphatic heterocycles. The van der Waals surface area contributed by atoms with Crippen LogP contribution >= 0.6 is 0 Å². The minimum atomic E-state index is -0.564. The molecular weight excluding hydrogens is 338 g/mol. The minimum Gasteiger partial charge on any atom is -0.456 e. The van der Waals surface area contributed by atoms with Crippen molar-refractivity contribution < 1.29 is 19.2 Å². The molecule has 2 N–H and O–H groups in total. The number of benzene rings is 2. The molecular formula is C18H19N3O5. The van der Waals surface area contributed by atoms with Gasteiger partial charge in [0, 0.05) is 19.2 Å². The first-order valence-electron chi connectivity index (χ1n) is 8.00. The highest BCUT2D eigenvalue weighted by atomic mass is 16.6. The topological polar surface area (TPSA) is 111 Å². The van der Waals surface area contributed by atoms with Gasteiger partial charge in [0.1, 0.15) is 5.69 Å². The molecule has 8 nitrogen and oxygen atoms in total. The third-order valence-corrected chi connectivity index (χ3v) is 3.44. The van der Waals surface area contributed by atoms with E-state index in [0.29, 0.717) is 12.2 Å². The van der Waals surface area contributed by atoms with Crippen LogP contribution in [-0.4, -0.2) is 30.0 Å². The smallest absolute Gasteiger partial charge is 0.308 e. The maximum atomic E-state index is 11.7. The summed E-state index contributed by atoms with van der Waals surface area (Å²) in [4.78, 5) is 33.7. The zero-order chi connectivity index (χ0) is 18.8. The molecule has 1 amide bonds. The maximum absolute atomic E-state index is 11.7. The number of rotatable bonds is 9. The Bertz CT molecular complexity index is 764. The Labute approximate surface area is 150 Å². The summed E-state index contributed by atoms with van der Waals surface area (Å²) in [6.07, 6.45) is -0.0159. The van der Waals surface area contributed by atoms with E-state index >= 15 is 0 Å². The summed E-state index contributed by atoms with van der Waals surface area (Å²) < 4.78 is 4.88. The van der Waals surface area contributed by atoms with Gasteiger partial charge in [0.2, 0.25) is 0 Å². The summed E-state index contributed by atoms with van der Waals surface area (Å²) in [6, 6.07) is 15.5. The van der Waals surface area contributed by atoms with Gasteiger partial charge in [-0.3, -0.25) is 19.7 Å². The van der Waals surface area contributed by atoms with E-state index in [1.165, 1.54) is 6.07 Å². The molecule has 0 atom stereocenters. The van der Waals surface area contributed by atoms with E-state index in [9.17, 15) is 19.7 Å². The molecule has 0 unspecified atom stereocenters. The second-order valence-corrected chi connectivity index (χ2v) is 5.37. The fourth-order valence-corrected chi connectivity index (χ4v) is 2.15. The van der Waals surface area contributed by atoms with Crippen LogP contribution in [0, 0.1) is 10.1 Å². The number of hydrogen-bond acceptors (Lipinski definition) is 6. The lowest BCUT2D eigenvalue weighted by Crippen LogP contribution is -2.28. The van der Waals surface area contributed by atoms with Crippen molar-refractivity contribution >= 4 is 23.3 Å². The van der Waals surface area contributed by atoms with Gasteiger partial charge in [-0.2, -0.15) is 0 Å². The van der Waals surface area contributed by atoms with Gasteiger partial charge >= 0.3 is 5.97 Å². The van der Waals surface area contributed by atoms with E-state index in [-0.39, 0.29) is 25.3 Å². The van der Waals surface area contributed by atoms with Gasteiger partial charge in [-0.1, -0.05) is 42.5 Å². The summed E-state index contributed by atoms with van der Waals surface area (Å²) >= 11 is 0. The molecule has 0 spiro atoms. The van der Waals surface area contributed by atoms with Gasteiger partial charge in [0.25, 0.3) is 11.6 Å². The van der Waals surface area contributed by atoms with Gasteiger partial charge in [0.05, 0.1) is 11.3 Å². The van der Waals surface area contributed by atoms with Gasteiger partial charge in [-0.05, 0) is 11.6 Å². The molecule has 0 fully saturated rings. The SMILES string of the molecule is O=C(COC(=O)CCNc1ccccc1[N+](=O)[O-])NCc1ccccc1. The van der Waals surface area contributed by atoms with Crippen molar-refractivity contribution in [1.82, 2.24) is 5.32 Å². The first-order chi connectivity index (χ1) is 12.6. The number of carbonyl (C=O) groups excluding carboxylic acids is 2. The Morgan fingerprint density at radius 3 is 2.46 bits per heavy atom. The van der Waals surface area contributed by atoms with Crippen LogP contribution in [0.1, 0.15) is 12.0 Å². The normalized spacial score (nSPS) is 10.0. The molecule has 2 rings (SSSR count). The average molecular weight is 357 g/mol. The average Bonchev–Trinajstić information content (AvgIpc) is 2.66. The number of ether oxygens (including phenoxy) is 1. The molecule has 0 aliphatic carbocycles. The van der Waals surface area contributed by atoms with Crippen LogP contribution in [0.3, 0.4) is 0 Å². The number of carbonyl (C=O) groups is 2. The van der Waals surface area contributed by atoms with E-state index < -0.39 is 16.8 Å². The summed E-state index contributed by atoms with van der Waals surface area (Å²) in [5.41, 5.74) is 1.20. The number of hydrogen-bond donors (Lipinski definition) is 2. The molecule has 0 heterocycles. The molecule has 0 bridgehead atoms. The molecule has 8 heteroatoms. The quantitative estimate of drug-likeness (QED) is 0.405. The standard InChI is InChI=1S/C18H19N3O5/c22-17(20-12-14-6-2-1-3-7-14)13-26-18(23)10-11-19-15-8-4-5-9-16(15)21(24)25/h1-9,19H,10-13H2,(H,20,22). The Morgan fingerprint density at radius 1 is 1.04 bits per heavy atom. The molecule has 0 radical (unpaired) electrons. The van der Waals surface area contributed by atoms with Crippen LogP contribution in [0.15, 0.2) is 54.6 Å². The largest absolute Gasteiger partial charge is 0.456 e. The number of esters is 1. The van der Waals surface area contributed by atoms with E-state index in [0.717, 1.165) is 5.56 Å². The van der Waals surface area contributed by atoms with Gasteiger partial charge in [-0.15, -0.1) is 0 Å². The zero-order valence-electron chi connectivity index (χ0n) is 14.0. The summed E-state index contributed by atoms with van der Waals surface area (Å²) in [7, 11) is 0. The predicted molar refractivity (Wildman–Crippen MR) is 95.5 cm³/mol. The van der Waals surface area contributed by atoms with Crippen molar-refractivity contribution in [3.63, 3.8) is 0 Å². The van der Waals surface area contributed by atoms with Crippen LogP contribution < -0.4 is 10.6 Å². The van der Waals surface area contributed by atoms with Gasteiger partial charge in [0.15, 0.2) is 6.61 Å². The molecule has 26 heavy (non-hydrogen) atoms. The molecule has 136 valence electrons. The lowest BCUT2D eigenvalue weighted by atomic mass is 10.2. The first-order valence-corrected chi connectivity index (χ1v) is 8.00. The summed E-state index contributed by atoms with van der Waals surface area (Å²) in [5, 5.41) is 16.4. The van der Waals surface area contributed by atoms with E-state index in [1.54, 1.807) is 18.2 Å². The molecule has 2 aromatic carbocycles. The number of amides is 1. The fraction of sp³-hybridized carbons (Fsp3) is 0.222. The van der Waals surface area contributed by atoms with Crippen molar-refractivity contribution in [3.8, 4) is 0 Å². The zero-order valence-corrected chi connectivity index (χ0v) is 14.0. The Hall–Kier alpha value is -3.42. The maximum Gasteiger partial charge on any atom is 0.308 e. The number of anilines is 1. The number of nitro benzene ring substituents is 1. The molecule has 0 aliphatic rings. The highest BCUT2D eigenvalue weighted by molar-refractivity contribution is 5.80. The number of nitro groups is 1. The summed E-state index contributed by atoms with van der Waals surface area (Å²) in [5.74, 6) is -0.959. The van der Waals surface area contributed by atoms with Crippen molar-refractivity contribution in [3.05, 3.63) is 70.3 Å². The lowest BCUT2D eigenvalue weighted by Gasteiger charge is -2.08. The number of nitrogens with one attached hydrogen (secondary N) is 2. The van der Waals surface area contributed by atoms with E-state index in [2.05, 4.69) is 10.6 Å². The van der Waals surface area contributed by atoms with Gasteiger partial charge in [-0.25, -0.2) is 0 Å². The fourth-order valence-electron chi connectivity index (χ4n) is 2.15. The highest BCUT2D eigenvalue weighted by Crippen LogP contribution is 2.22. The molecule has 0 saturated heterocycles. The second kappa shape index (κ2) is 9.77. The van der Waals surface area contributed by atoms with Crippen molar-refractivity contribution in [1.29, 1.82) is 0 Å². The number of para-hydroxylation sites is 2. The van der Waals surface area contributed by atoms with Crippen molar-refractivity contribution in [2.24, 2.45) is 0 Å². The molecule has 2 aromatic rings. The molecule has 0 saturated carbocycles. The van der Waals surface area contributed by atoms with E-state index in [1.807, 2.05) is 30.3 Å². The highest BCUT2D eigenvalue weighted by Gasteiger charge is 2.12. The Balaban J connectivity index is 1.66. The monoisotopic (exact) mass is 357 g/mol. The van der Waals surface area contributed by atoms with Crippen LogP contribution in [0.25, 0.3) is 0 Å². The predicted octanol–water partition coefficient (Wildman–Crippen LogP) is 2.26.